The first-order valence-electron chi connectivity index (χ1n) is 5.21. The van der Waals surface area contributed by atoms with Crippen LogP contribution in [-0.2, 0) is 6.61 Å². The van der Waals surface area contributed by atoms with E-state index in [1.165, 1.54) is 10.9 Å². The highest BCUT2D eigenvalue weighted by Gasteiger charge is 2.07. The van der Waals surface area contributed by atoms with Crippen molar-refractivity contribution in [3.05, 3.63) is 33.8 Å². The Morgan fingerprint density at radius 1 is 1.41 bits per heavy atom. The molecule has 0 saturated heterocycles. The highest BCUT2D eigenvalue weighted by atomic mass is 32.1. The van der Waals surface area contributed by atoms with Gasteiger partial charge in [0.25, 0.3) is 0 Å². The summed E-state index contributed by atoms with van der Waals surface area (Å²) < 4.78 is 5.53. The maximum atomic E-state index is 9.43. The quantitative estimate of drug-likeness (QED) is 0.649. The number of thiazole rings is 1. The van der Waals surface area contributed by atoms with Crippen LogP contribution in [0.4, 0.5) is 5.69 Å². The number of aryl methyl sites for hydroxylation is 2. The summed E-state index contributed by atoms with van der Waals surface area (Å²) in [7, 11) is 0. The van der Waals surface area contributed by atoms with Crippen molar-refractivity contribution >= 4 is 17.0 Å². The molecule has 0 atom stereocenters. The number of nitrogens with zero attached hydrogens (tertiary/aromatic N) is 1. The van der Waals surface area contributed by atoms with Crippen molar-refractivity contribution in [1.29, 1.82) is 0 Å². The summed E-state index contributed by atoms with van der Waals surface area (Å²) in [6.45, 7) is 4.37. The smallest absolute Gasteiger partial charge is 0.146 e. The van der Waals surface area contributed by atoms with Gasteiger partial charge in [0.2, 0.25) is 0 Å². The minimum absolute atomic E-state index is 0.0361. The fourth-order valence-electron chi connectivity index (χ4n) is 1.40. The lowest BCUT2D eigenvalue weighted by Crippen LogP contribution is -1.98. The Balaban J connectivity index is 2.10. The predicted octanol–water partition coefficient (Wildman–Crippen LogP) is 2.63. The van der Waals surface area contributed by atoms with Gasteiger partial charge in [-0.15, -0.1) is 11.3 Å². The Kier molecular flexibility index (Phi) is 3.19. The van der Waals surface area contributed by atoms with Crippen LogP contribution in [0.25, 0.3) is 0 Å². The van der Waals surface area contributed by atoms with E-state index >= 15 is 0 Å². The number of nitrogen functional groups attached to an aromatic ring is 1. The van der Waals surface area contributed by atoms with Crippen molar-refractivity contribution in [1.82, 2.24) is 4.98 Å². The van der Waals surface area contributed by atoms with Gasteiger partial charge in [-0.25, -0.2) is 4.98 Å². The number of nitrogens with two attached hydrogens (primary N) is 1. The first kappa shape index (κ1) is 11.7. The van der Waals surface area contributed by atoms with Crippen LogP contribution in [0.1, 0.15) is 15.6 Å². The van der Waals surface area contributed by atoms with Gasteiger partial charge in [-0.3, -0.25) is 0 Å². The van der Waals surface area contributed by atoms with Gasteiger partial charge in [0.05, 0.1) is 5.69 Å². The zero-order valence-electron chi connectivity index (χ0n) is 9.73. The Hall–Kier alpha value is -1.75. The molecule has 2 rings (SSSR count). The number of anilines is 1. The molecule has 0 radical (unpaired) electrons. The molecule has 4 nitrogen and oxygen atoms in total. The molecule has 2 aromatic rings. The van der Waals surface area contributed by atoms with Crippen molar-refractivity contribution < 1.29 is 9.84 Å². The summed E-state index contributed by atoms with van der Waals surface area (Å²) in [5.74, 6) is 0.518. The van der Waals surface area contributed by atoms with Crippen molar-refractivity contribution in [2.75, 3.05) is 5.73 Å². The second-order valence-corrected chi connectivity index (χ2v) is 5.01. The molecule has 0 aliphatic heterocycles. The molecular formula is C12H14N2O2S. The van der Waals surface area contributed by atoms with Gasteiger partial charge in [-0.2, -0.15) is 0 Å². The van der Waals surface area contributed by atoms with E-state index in [1.807, 2.05) is 13.8 Å². The molecule has 17 heavy (non-hydrogen) atoms. The molecule has 0 bridgehead atoms. The minimum atomic E-state index is 0.0361. The lowest BCUT2D eigenvalue weighted by atomic mass is 10.3. The van der Waals surface area contributed by atoms with Crippen LogP contribution >= 0.6 is 11.3 Å². The molecule has 1 aromatic heterocycles. The van der Waals surface area contributed by atoms with E-state index in [0.29, 0.717) is 12.4 Å². The average Bonchev–Trinajstić information content (AvgIpc) is 2.61. The molecule has 0 aliphatic carbocycles. The number of phenolic OH excluding ortho intramolecular Hbond substituents is 1. The average molecular weight is 250 g/mol. The largest absolute Gasteiger partial charge is 0.506 e. The number of ether oxygens (including phenoxy) is 1. The maximum Gasteiger partial charge on any atom is 0.146 e. The third-order valence-electron chi connectivity index (χ3n) is 2.47. The van der Waals surface area contributed by atoms with Crippen molar-refractivity contribution in [2.45, 2.75) is 20.5 Å². The summed E-state index contributed by atoms with van der Waals surface area (Å²) in [4.78, 5) is 5.56. The first-order valence-corrected chi connectivity index (χ1v) is 6.02. The van der Waals surface area contributed by atoms with Crippen LogP contribution < -0.4 is 10.5 Å². The van der Waals surface area contributed by atoms with Gasteiger partial charge in [0, 0.05) is 4.88 Å². The zero-order valence-corrected chi connectivity index (χ0v) is 10.5. The summed E-state index contributed by atoms with van der Waals surface area (Å²) in [6, 6.07) is 4.95. The number of hydrogen-bond donors (Lipinski definition) is 2. The molecule has 1 heterocycles. The minimum Gasteiger partial charge on any atom is -0.506 e. The fraction of sp³-hybridized carbons (Fsp3) is 0.250. The molecule has 5 heteroatoms. The van der Waals surface area contributed by atoms with Crippen LogP contribution in [0.15, 0.2) is 18.2 Å². The number of rotatable bonds is 3. The van der Waals surface area contributed by atoms with Gasteiger partial charge in [0.1, 0.15) is 28.8 Å². The molecule has 0 amide bonds. The van der Waals surface area contributed by atoms with E-state index < -0.39 is 0 Å². The summed E-state index contributed by atoms with van der Waals surface area (Å²) in [5, 5.41) is 10.3. The first-order chi connectivity index (χ1) is 8.08. The molecule has 0 unspecified atom stereocenters. The molecule has 0 saturated carbocycles. The van der Waals surface area contributed by atoms with E-state index in [-0.39, 0.29) is 11.4 Å². The zero-order chi connectivity index (χ0) is 12.4. The standard InChI is InChI=1S/C12H14N2O2S/c1-7-8(2)17-11(14-7)6-16-10-5-3-4-9(15)12(10)13/h3-5,15H,6,13H2,1-2H3. The summed E-state index contributed by atoms with van der Waals surface area (Å²) in [5.41, 5.74) is 6.98. The van der Waals surface area contributed by atoms with Gasteiger partial charge in [0.15, 0.2) is 0 Å². The van der Waals surface area contributed by atoms with Gasteiger partial charge < -0.3 is 15.6 Å². The predicted molar refractivity (Wildman–Crippen MR) is 68.4 cm³/mol. The molecule has 0 aliphatic rings. The van der Waals surface area contributed by atoms with E-state index in [0.717, 1.165) is 10.7 Å². The molecular weight excluding hydrogens is 236 g/mol. The summed E-state index contributed by atoms with van der Waals surface area (Å²) in [6.07, 6.45) is 0. The van der Waals surface area contributed by atoms with Crippen LogP contribution in [-0.4, -0.2) is 10.1 Å². The number of hydrogen-bond acceptors (Lipinski definition) is 5. The third kappa shape index (κ3) is 2.50. The number of para-hydroxylation sites is 1. The Labute approximate surface area is 104 Å². The highest BCUT2D eigenvalue weighted by molar-refractivity contribution is 7.11. The van der Waals surface area contributed by atoms with Crippen LogP contribution in [0, 0.1) is 13.8 Å². The van der Waals surface area contributed by atoms with Crippen LogP contribution in [0.3, 0.4) is 0 Å². The summed E-state index contributed by atoms with van der Waals surface area (Å²) >= 11 is 1.60. The maximum absolute atomic E-state index is 9.43. The molecule has 1 aromatic carbocycles. The van der Waals surface area contributed by atoms with Gasteiger partial charge in [-0.1, -0.05) is 6.07 Å². The lowest BCUT2D eigenvalue weighted by Gasteiger charge is -2.07. The topological polar surface area (TPSA) is 68.4 Å². The van der Waals surface area contributed by atoms with Crippen LogP contribution in [0.2, 0.25) is 0 Å². The monoisotopic (exact) mass is 250 g/mol. The van der Waals surface area contributed by atoms with Crippen molar-refractivity contribution in [3.63, 3.8) is 0 Å². The van der Waals surface area contributed by atoms with E-state index in [9.17, 15) is 5.11 Å². The van der Waals surface area contributed by atoms with Gasteiger partial charge >= 0.3 is 0 Å². The van der Waals surface area contributed by atoms with E-state index in [4.69, 9.17) is 10.5 Å². The Morgan fingerprint density at radius 2 is 2.18 bits per heavy atom. The Bertz CT molecular complexity index is 518. The molecule has 0 fully saturated rings. The Morgan fingerprint density at radius 3 is 2.82 bits per heavy atom. The van der Waals surface area contributed by atoms with E-state index in [1.54, 1.807) is 23.5 Å². The normalized spacial score (nSPS) is 10.5. The molecule has 90 valence electrons. The van der Waals surface area contributed by atoms with Crippen LogP contribution in [0.5, 0.6) is 11.5 Å². The number of aromatic nitrogens is 1. The fourth-order valence-corrected chi connectivity index (χ4v) is 2.25. The van der Waals surface area contributed by atoms with E-state index in [2.05, 4.69) is 4.98 Å². The van der Waals surface area contributed by atoms with Crippen molar-refractivity contribution in [3.8, 4) is 11.5 Å². The number of phenols is 1. The molecule has 3 N–H and O–H groups in total. The van der Waals surface area contributed by atoms with Gasteiger partial charge in [-0.05, 0) is 26.0 Å². The number of aromatic hydroxyl groups is 1. The van der Waals surface area contributed by atoms with Crippen molar-refractivity contribution in [2.24, 2.45) is 0 Å². The second-order valence-electron chi connectivity index (χ2n) is 3.73. The number of benzene rings is 1. The highest BCUT2D eigenvalue weighted by Crippen LogP contribution is 2.30. The second kappa shape index (κ2) is 4.63. The molecule has 0 spiro atoms. The SMILES string of the molecule is Cc1nc(COc2cccc(O)c2N)sc1C. The third-order valence-corrected chi connectivity index (χ3v) is 3.51. The lowest BCUT2D eigenvalue weighted by molar-refractivity contribution is 0.305.